The van der Waals surface area contributed by atoms with Crippen molar-refractivity contribution in [3.8, 4) is 17.2 Å². The monoisotopic (exact) mass is 462 g/mol. The van der Waals surface area contributed by atoms with Crippen molar-refractivity contribution >= 4 is 5.78 Å². The van der Waals surface area contributed by atoms with Gasteiger partial charge in [-0.1, -0.05) is 0 Å². The van der Waals surface area contributed by atoms with Crippen LogP contribution in [0, 0.1) is 53.5 Å². The van der Waals surface area contributed by atoms with Crippen molar-refractivity contribution in [3.63, 3.8) is 0 Å². The third-order valence-electron chi connectivity index (χ3n) is 4.44. The van der Waals surface area contributed by atoms with Gasteiger partial charge < -0.3 is 9.47 Å². The van der Waals surface area contributed by atoms with E-state index in [2.05, 4.69) is 0 Å². The number of halogens is 8. The van der Waals surface area contributed by atoms with Gasteiger partial charge in [0, 0.05) is 5.56 Å². The molecule has 0 aliphatic rings. The Balaban J connectivity index is 2.15. The highest BCUT2D eigenvalue weighted by atomic mass is 19.2. The third kappa shape index (κ3) is 3.63. The molecule has 0 aromatic heterocycles. The smallest absolute Gasteiger partial charge is 0.205 e. The van der Waals surface area contributed by atoms with Crippen LogP contribution in [-0.2, 0) is 0 Å². The van der Waals surface area contributed by atoms with Crippen molar-refractivity contribution in [2.45, 2.75) is 6.92 Å². The van der Waals surface area contributed by atoms with Crippen LogP contribution in [0.15, 0.2) is 24.3 Å². The summed E-state index contributed by atoms with van der Waals surface area (Å²) in [5.41, 5.74) is -5.33. The minimum absolute atomic E-state index is 0.291. The summed E-state index contributed by atoms with van der Waals surface area (Å²) in [5.74, 6) is -21.8. The molecule has 0 heterocycles. The molecule has 0 saturated heterocycles. The van der Waals surface area contributed by atoms with Gasteiger partial charge in [-0.05, 0) is 31.2 Å². The Morgan fingerprint density at radius 1 is 0.625 bits per heavy atom. The number of benzene rings is 3. The van der Waals surface area contributed by atoms with Gasteiger partial charge in [0.05, 0.1) is 7.11 Å². The van der Waals surface area contributed by atoms with E-state index in [9.17, 15) is 39.9 Å². The molecule has 0 amide bonds. The first-order valence-electron chi connectivity index (χ1n) is 8.56. The molecule has 3 rings (SSSR count). The van der Waals surface area contributed by atoms with Crippen LogP contribution in [0.5, 0.6) is 17.2 Å². The molecule has 0 aliphatic heterocycles. The van der Waals surface area contributed by atoms with Gasteiger partial charge in [-0.25, -0.2) is 26.3 Å². The number of carbonyl (C=O) groups is 1. The molecule has 32 heavy (non-hydrogen) atoms. The summed E-state index contributed by atoms with van der Waals surface area (Å²) in [4.78, 5) is 12.3. The van der Waals surface area contributed by atoms with E-state index in [0.717, 1.165) is 12.1 Å². The van der Waals surface area contributed by atoms with Gasteiger partial charge in [-0.3, -0.25) is 4.79 Å². The standard InChI is InChI=1S/C21H10F8O3/c1-7-12(22)14(24)10(15(25)13(7)23)20(30)11-16(26)18(28)21(19(29)17(11)27)32-9-5-3-8(31-2)4-6-9/h3-6H,1-2H3. The summed E-state index contributed by atoms with van der Waals surface area (Å²) in [6.07, 6.45) is 0. The molecule has 168 valence electrons. The molecule has 0 fully saturated rings. The molecular weight excluding hydrogens is 452 g/mol. The number of ether oxygens (including phenoxy) is 2. The Morgan fingerprint density at radius 2 is 1.00 bits per heavy atom. The van der Waals surface area contributed by atoms with Crippen molar-refractivity contribution in [3.05, 3.63) is 87.5 Å². The fourth-order valence-corrected chi connectivity index (χ4v) is 2.73. The van der Waals surface area contributed by atoms with E-state index in [0.29, 0.717) is 12.7 Å². The van der Waals surface area contributed by atoms with E-state index in [1.165, 1.54) is 19.2 Å². The highest BCUT2D eigenvalue weighted by molar-refractivity contribution is 6.10. The minimum atomic E-state index is -2.39. The van der Waals surface area contributed by atoms with E-state index in [1.54, 1.807) is 0 Å². The Morgan fingerprint density at radius 3 is 1.41 bits per heavy atom. The Hall–Kier alpha value is -3.63. The van der Waals surface area contributed by atoms with Crippen LogP contribution < -0.4 is 9.47 Å². The average molecular weight is 462 g/mol. The van der Waals surface area contributed by atoms with Gasteiger partial charge in [0.2, 0.25) is 23.2 Å². The van der Waals surface area contributed by atoms with Crippen LogP contribution in [0.25, 0.3) is 0 Å². The molecule has 0 atom stereocenters. The lowest BCUT2D eigenvalue weighted by molar-refractivity contribution is 0.101. The summed E-state index contributed by atoms with van der Waals surface area (Å²) in [6, 6.07) is 4.86. The number of carbonyl (C=O) groups excluding carboxylic acids is 1. The maximum atomic E-state index is 14.5. The SMILES string of the molecule is COc1ccc(Oc2c(F)c(F)c(C(=O)c3c(F)c(F)c(C)c(F)c3F)c(F)c2F)cc1. The van der Waals surface area contributed by atoms with Gasteiger partial charge >= 0.3 is 0 Å². The van der Waals surface area contributed by atoms with Gasteiger partial charge in [0.1, 0.15) is 22.6 Å². The molecule has 11 heteroatoms. The van der Waals surface area contributed by atoms with Gasteiger partial charge in [-0.2, -0.15) is 8.78 Å². The zero-order valence-corrected chi connectivity index (χ0v) is 16.1. The van der Waals surface area contributed by atoms with Gasteiger partial charge in [0.15, 0.2) is 34.9 Å². The fraction of sp³-hybridized carbons (Fsp3) is 0.0952. The molecule has 0 saturated carbocycles. The highest BCUT2D eigenvalue weighted by Crippen LogP contribution is 2.36. The lowest BCUT2D eigenvalue weighted by Crippen LogP contribution is -2.18. The predicted molar refractivity (Wildman–Crippen MR) is 93.8 cm³/mol. The van der Waals surface area contributed by atoms with E-state index in [4.69, 9.17) is 9.47 Å². The molecule has 0 N–H and O–H groups in total. The quantitative estimate of drug-likeness (QED) is 0.260. The second-order valence-electron chi connectivity index (χ2n) is 6.32. The van der Waals surface area contributed by atoms with Crippen molar-refractivity contribution < 1.29 is 49.4 Å². The average Bonchev–Trinajstić information content (AvgIpc) is 2.78. The largest absolute Gasteiger partial charge is 0.497 e. The Labute approximate surface area is 174 Å². The second-order valence-corrected chi connectivity index (χ2v) is 6.32. The second kappa shape index (κ2) is 8.48. The van der Waals surface area contributed by atoms with Crippen molar-refractivity contribution in [2.24, 2.45) is 0 Å². The first-order valence-corrected chi connectivity index (χ1v) is 8.56. The first-order chi connectivity index (χ1) is 15.0. The number of methoxy groups -OCH3 is 1. The molecule has 3 aromatic rings. The fourth-order valence-electron chi connectivity index (χ4n) is 2.73. The van der Waals surface area contributed by atoms with Gasteiger partial charge in [0.25, 0.3) is 0 Å². The lowest BCUT2D eigenvalue weighted by Gasteiger charge is -2.14. The third-order valence-corrected chi connectivity index (χ3v) is 4.44. The number of hydrogen-bond acceptors (Lipinski definition) is 3. The van der Waals surface area contributed by atoms with E-state index >= 15 is 0 Å². The summed E-state index contributed by atoms with van der Waals surface area (Å²) >= 11 is 0. The minimum Gasteiger partial charge on any atom is -0.497 e. The molecule has 0 bridgehead atoms. The van der Waals surface area contributed by atoms with Crippen LogP contribution in [0.1, 0.15) is 21.5 Å². The van der Waals surface area contributed by atoms with Crippen molar-refractivity contribution in [1.29, 1.82) is 0 Å². The lowest BCUT2D eigenvalue weighted by atomic mass is 9.98. The normalized spacial score (nSPS) is 10.9. The maximum Gasteiger partial charge on any atom is 0.205 e. The maximum absolute atomic E-state index is 14.5. The summed E-state index contributed by atoms with van der Waals surface area (Å²) < 4.78 is 123. The zero-order chi connectivity index (χ0) is 23.9. The number of ketones is 1. The highest BCUT2D eigenvalue weighted by Gasteiger charge is 2.36. The van der Waals surface area contributed by atoms with Crippen LogP contribution >= 0.6 is 0 Å². The Kier molecular flexibility index (Phi) is 6.11. The number of rotatable bonds is 5. The summed E-state index contributed by atoms with van der Waals surface area (Å²) in [5, 5.41) is 0. The van der Waals surface area contributed by atoms with Crippen LogP contribution in [0.3, 0.4) is 0 Å². The first kappa shape index (κ1) is 23.0. The summed E-state index contributed by atoms with van der Waals surface area (Å²) in [6.45, 7) is 0.636. The molecule has 0 aliphatic carbocycles. The number of hydrogen-bond donors (Lipinski definition) is 0. The van der Waals surface area contributed by atoms with E-state index < -0.39 is 74.8 Å². The van der Waals surface area contributed by atoms with Crippen LogP contribution in [-0.4, -0.2) is 12.9 Å². The Bertz CT molecular complexity index is 1180. The van der Waals surface area contributed by atoms with Crippen LogP contribution in [0.4, 0.5) is 35.1 Å². The predicted octanol–water partition coefficient (Wildman–Crippen LogP) is 6.14. The van der Waals surface area contributed by atoms with E-state index in [-0.39, 0.29) is 5.75 Å². The molecule has 3 nitrogen and oxygen atoms in total. The van der Waals surface area contributed by atoms with Crippen LogP contribution in [0.2, 0.25) is 0 Å². The zero-order valence-electron chi connectivity index (χ0n) is 16.1. The molecular formula is C21H10F8O3. The topological polar surface area (TPSA) is 35.5 Å². The molecule has 0 spiro atoms. The van der Waals surface area contributed by atoms with E-state index in [1.807, 2.05) is 0 Å². The van der Waals surface area contributed by atoms with Crippen molar-refractivity contribution in [2.75, 3.05) is 7.11 Å². The van der Waals surface area contributed by atoms with Gasteiger partial charge in [-0.15, -0.1) is 0 Å². The van der Waals surface area contributed by atoms with Crippen molar-refractivity contribution in [1.82, 2.24) is 0 Å². The molecule has 0 unspecified atom stereocenters. The molecule has 0 radical (unpaired) electrons. The summed E-state index contributed by atoms with van der Waals surface area (Å²) in [7, 11) is 1.33. The molecule has 3 aromatic carbocycles.